The lowest BCUT2D eigenvalue weighted by Gasteiger charge is -2.31. The minimum Gasteiger partial charge on any atom is -0.357 e. The van der Waals surface area contributed by atoms with Crippen molar-refractivity contribution in [3.63, 3.8) is 0 Å². The van der Waals surface area contributed by atoms with Crippen LogP contribution in [0.25, 0.3) is 0 Å². The average Bonchev–Trinajstić information content (AvgIpc) is 2.81. The van der Waals surface area contributed by atoms with E-state index in [1.54, 1.807) is 48.3 Å². The van der Waals surface area contributed by atoms with Crippen molar-refractivity contribution in [3.05, 3.63) is 104 Å². The van der Waals surface area contributed by atoms with Gasteiger partial charge in [-0.2, -0.15) is 0 Å². The Hall–Kier alpha value is -2.24. The monoisotopic (exact) mass is 522 g/mol. The van der Waals surface area contributed by atoms with E-state index in [0.29, 0.717) is 32.1 Å². The Kier molecular flexibility index (Phi) is 9.04. The molecule has 0 aliphatic carbocycles. The number of carbonyl (C=O) groups is 2. The number of likely N-dealkylation sites (N-methyl/N-ethyl adjacent to an activating group) is 1. The number of rotatable bonds is 8. The summed E-state index contributed by atoms with van der Waals surface area (Å²) in [4.78, 5) is 28.0. The van der Waals surface area contributed by atoms with Gasteiger partial charge in [-0.05, 0) is 41.0 Å². The third-order valence-corrected chi connectivity index (χ3v) is 6.67. The molecule has 3 aromatic carbocycles. The number of nitrogens with one attached hydrogen (secondary N) is 1. The molecule has 0 spiro atoms. The Morgan fingerprint density at radius 1 is 0.788 bits per heavy atom. The first-order valence-corrected chi connectivity index (χ1v) is 11.7. The van der Waals surface area contributed by atoms with Crippen molar-refractivity contribution in [1.82, 2.24) is 10.2 Å². The fourth-order valence-electron chi connectivity index (χ4n) is 3.48. The summed E-state index contributed by atoms with van der Waals surface area (Å²) in [6, 6.07) is 19.0. The standard InChI is InChI=1S/C25H22Cl4N2O2/c1-30-25(33)23(13-16-5-3-2-4-6-16)31(15-18-8-10-20(27)22(29)12-18)24(32)14-17-7-9-19(26)21(28)11-17/h2-12,23H,13-15H2,1H3,(H,30,33)/t23-/m1/s1. The van der Waals surface area contributed by atoms with Crippen LogP contribution in [0.4, 0.5) is 0 Å². The molecule has 1 N–H and O–H groups in total. The summed E-state index contributed by atoms with van der Waals surface area (Å²) in [6.45, 7) is 0.183. The molecule has 3 rings (SSSR count). The topological polar surface area (TPSA) is 49.4 Å². The van der Waals surface area contributed by atoms with Gasteiger partial charge in [0.2, 0.25) is 11.8 Å². The maximum atomic E-state index is 13.5. The summed E-state index contributed by atoms with van der Waals surface area (Å²) in [7, 11) is 1.56. The highest BCUT2D eigenvalue weighted by atomic mass is 35.5. The van der Waals surface area contributed by atoms with Crippen LogP contribution in [0.3, 0.4) is 0 Å². The van der Waals surface area contributed by atoms with Crippen LogP contribution in [0.2, 0.25) is 20.1 Å². The van der Waals surface area contributed by atoms with Gasteiger partial charge in [-0.1, -0.05) is 88.9 Å². The summed E-state index contributed by atoms with van der Waals surface area (Å²) in [5, 5.41) is 4.26. The zero-order chi connectivity index (χ0) is 24.0. The van der Waals surface area contributed by atoms with Crippen LogP contribution in [-0.4, -0.2) is 29.8 Å². The van der Waals surface area contributed by atoms with Gasteiger partial charge in [-0.15, -0.1) is 0 Å². The van der Waals surface area contributed by atoms with Crippen LogP contribution in [0.1, 0.15) is 16.7 Å². The van der Waals surface area contributed by atoms with E-state index in [-0.39, 0.29) is 24.8 Å². The minimum atomic E-state index is -0.734. The molecular weight excluding hydrogens is 502 g/mol. The molecule has 3 aromatic rings. The van der Waals surface area contributed by atoms with Gasteiger partial charge in [0.1, 0.15) is 6.04 Å². The Balaban J connectivity index is 1.96. The van der Waals surface area contributed by atoms with E-state index in [0.717, 1.165) is 11.1 Å². The average molecular weight is 524 g/mol. The van der Waals surface area contributed by atoms with Gasteiger partial charge < -0.3 is 10.2 Å². The van der Waals surface area contributed by atoms with Gasteiger partial charge in [0, 0.05) is 20.0 Å². The molecule has 8 heteroatoms. The molecule has 0 unspecified atom stereocenters. The molecule has 1 atom stereocenters. The number of carbonyl (C=O) groups excluding carboxylic acids is 2. The lowest BCUT2D eigenvalue weighted by Crippen LogP contribution is -2.50. The minimum absolute atomic E-state index is 0.0560. The van der Waals surface area contributed by atoms with Crippen LogP contribution < -0.4 is 5.32 Å². The van der Waals surface area contributed by atoms with Crippen molar-refractivity contribution in [2.45, 2.75) is 25.4 Å². The van der Waals surface area contributed by atoms with E-state index < -0.39 is 6.04 Å². The molecule has 0 fully saturated rings. The van der Waals surface area contributed by atoms with E-state index in [1.165, 1.54) is 0 Å². The van der Waals surface area contributed by atoms with Crippen LogP contribution in [0.15, 0.2) is 66.7 Å². The first-order chi connectivity index (χ1) is 15.8. The van der Waals surface area contributed by atoms with Gasteiger partial charge in [-0.25, -0.2) is 0 Å². The normalized spacial score (nSPS) is 11.7. The van der Waals surface area contributed by atoms with Crippen molar-refractivity contribution in [3.8, 4) is 0 Å². The number of amides is 2. The highest BCUT2D eigenvalue weighted by molar-refractivity contribution is 6.42. The Bertz CT molecular complexity index is 1140. The molecule has 0 bridgehead atoms. The Morgan fingerprint density at radius 3 is 1.94 bits per heavy atom. The molecule has 0 radical (unpaired) electrons. The molecule has 0 heterocycles. The van der Waals surface area contributed by atoms with E-state index in [2.05, 4.69) is 5.32 Å². The quantitative estimate of drug-likeness (QED) is 0.380. The highest BCUT2D eigenvalue weighted by Crippen LogP contribution is 2.26. The predicted molar refractivity (Wildman–Crippen MR) is 135 cm³/mol. The van der Waals surface area contributed by atoms with Crippen LogP contribution in [0, 0.1) is 0 Å². The fraction of sp³-hybridized carbons (Fsp3) is 0.200. The zero-order valence-electron chi connectivity index (χ0n) is 17.8. The second-order valence-electron chi connectivity index (χ2n) is 7.52. The number of halogens is 4. The maximum Gasteiger partial charge on any atom is 0.242 e. The Morgan fingerprint density at radius 2 is 1.36 bits per heavy atom. The molecule has 33 heavy (non-hydrogen) atoms. The number of hydrogen-bond donors (Lipinski definition) is 1. The van der Waals surface area contributed by atoms with Gasteiger partial charge in [0.25, 0.3) is 0 Å². The van der Waals surface area contributed by atoms with Crippen molar-refractivity contribution in [2.75, 3.05) is 7.05 Å². The zero-order valence-corrected chi connectivity index (χ0v) is 20.8. The van der Waals surface area contributed by atoms with Crippen LogP contribution in [0.5, 0.6) is 0 Å². The molecule has 0 aliphatic rings. The summed E-state index contributed by atoms with van der Waals surface area (Å²) < 4.78 is 0. The van der Waals surface area contributed by atoms with Gasteiger partial charge in [0.05, 0.1) is 26.5 Å². The SMILES string of the molecule is CNC(=O)[C@@H](Cc1ccccc1)N(Cc1ccc(Cl)c(Cl)c1)C(=O)Cc1ccc(Cl)c(Cl)c1. The molecule has 2 amide bonds. The number of nitrogens with zero attached hydrogens (tertiary/aromatic N) is 1. The second-order valence-corrected chi connectivity index (χ2v) is 9.14. The number of hydrogen-bond acceptors (Lipinski definition) is 2. The predicted octanol–water partition coefficient (Wildman–Crippen LogP) is 6.23. The van der Waals surface area contributed by atoms with Crippen LogP contribution >= 0.6 is 46.4 Å². The molecule has 0 aliphatic heterocycles. The van der Waals surface area contributed by atoms with E-state index in [4.69, 9.17) is 46.4 Å². The molecule has 0 saturated carbocycles. The van der Waals surface area contributed by atoms with E-state index in [9.17, 15) is 9.59 Å². The third-order valence-electron chi connectivity index (χ3n) is 5.19. The third kappa shape index (κ3) is 6.87. The Labute approximate surface area is 213 Å². The molecule has 0 saturated heterocycles. The first-order valence-electron chi connectivity index (χ1n) is 10.2. The first kappa shape index (κ1) is 25.4. The smallest absolute Gasteiger partial charge is 0.242 e. The van der Waals surface area contributed by atoms with E-state index >= 15 is 0 Å². The molecule has 0 aromatic heterocycles. The van der Waals surface area contributed by atoms with Gasteiger partial charge >= 0.3 is 0 Å². The van der Waals surface area contributed by atoms with Crippen molar-refractivity contribution in [1.29, 1.82) is 0 Å². The second kappa shape index (κ2) is 11.8. The van der Waals surface area contributed by atoms with E-state index in [1.807, 2.05) is 30.3 Å². The lowest BCUT2D eigenvalue weighted by atomic mass is 10.0. The maximum absolute atomic E-state index is 13.5. The van der Waals surface area contributed by atoms with Gasteiger partial charge in [0.15, 0.2) is 0 Å². The lowest BCUT2D eigenvalue weighted by molar-refractivity contribution is -0.140. The number of benzene rings is 3. The molecular formula is C25H22Cl4N2O2. The molecule has 4 nitrogen and oxygen atoms in total. The largest absolute Gasteiger partial charge is 0.357 e. The summed E-state index contributed by atoms with van der Waals surface area (Å²) in [5.41, 5.74) is 2.39. The van der Waals surface area contributed by atoms with Crippen molar-refractivity contribution >= 4 is 58.2 Å². The molecule has 172 valence electrons. The summed E-state index contributed by atoms with van der Waals surface area (Å²) >= 11 is 24.4. The van der Waals surface area contributed by atoms with Crippen molar-refractivity contribution in [2.24, 2.45) is 0 Å². The summed E-state index contributed by atoms with van der Waals surface area (Å²) in [5.74, 6) is -0.495. The fourth-order valence-corrected chi connectivity index (χ4v) is 4.12. The van der Waals surface area contributed by atoms with Gasteiger partial charge in [-0.3, -0.25) is 9.59 Å². The highest BCUT2D eigenvalue weighted by Gasteiger charge is 2.30. The van der Waals surface area contributed by atoms with Crippen molar-refractivity contribution < 1.29 is 9.59 Å². The van der Waals surface area contributed by atoms with Crippen LogP contribution in [-0.2, 0) is 29.0 Å². The summed E-state index contributed by atoms with van der Waals surface area (Å²) in [6.07, 6.45) is 0.412.